The third kappa shape index (κ3) is 2.52. The van der Waals surface area contributed by atoms with Crippen LogP contribution >= 0.6 is 0 Å². The highest BCUT2D eigenvalue weighted by Gasteiger charge is 2.09. The van der Waals surface area contributed by atoms with E-state index in [4.69, 9.17) is 4.74 Å². The van der Waals surface area contributed by atoms with E-state index in [0.717, 1.165) is 22.4 Å². The molecule has 1 aromatic heterocycles. The maximum absolute atomic E-state index is 11.6. The van der Waals surface area contributed by atoms with Crippen LogP contribution in [0.15, 0.2) is 48.5 Å². The summed E-state index contributed by atoms with van der Waals surface area (Å²) in [5, 5.41) is 0. The van der Waals surface area contributed by atoms with Gasteiger partial charge in [0.2, 0.25) is 0 Å². The van der Waals surface area contributed by atoms with E-state index in [9.17, 15) is 4.79 Å². The van der Waals surface area contributed by atoms with Crippen LogP contribution in [-0.2, 0) is 11.3 Å². The number of imidazole rings is 1. The van der Waals surface area contributed by atoms with Gasteiger partial charge in [-0.3, -0.25) is 0 Å². The van der Waals surface area contributed by atoms with Gasteiger partial charge in [-0.25, -0.2) is 9.78 Å². The second-order valence-electron chi connectivity index (χ2n) is 4.93. The van der Waals surface area contributed by atoms with Gasteiger partial charge in [-0.15, -0.1) is 0 Å². The summed E-state index contributed by atoms with van der Waals surface area (Å²) in [4.78, 5) is 16.2. The Hall–Kier alpha value is -2.62. The Balaban J connectivity index is 1.99. The van der Waals surface area contributed by atoms with Crippen molar-refractivity contribution in [1.29, 1.82) is 0 Å². The van der Waals surface area contributed by atoms with E-state index in [1.165, 1.54) is 7.11 Å². The van der Waals surface area contributed by atoms with Gasteiger partial charge in [0.25, 0.3) is 0 Å². The number of para-hydroxylation sites is 2. The van der Waals surface area contributed by atoms with Gasteiger partial charge < -0.3 is 9.30 Å². The average Bonchev–Trinajstić information content (AvgIpc) is 2.83. The van der Waals surface area contributed by atoms with Crippen LogP contribution in [0.25, 0.3) is 11.0 Å². The van der Waals surface area contributed by atoms with E-state index in [1.54, 1.807) is 6.07 Å². The lowest BCUT2D eigenvalue weighted by atomic mass is 10.1. The van der Waals surface area contributed by atoms with Gasteiger partial charge in [0.1, 0.15) is 5.82 Å². The summed E-state index contributed by atoms with van der Waals surface area (Å²) in [5.74, 6) is 0.642. The monoisotopic (exact) mass is 280 g/mol. The second kappa shape index (κ2) is 5.40. The molecule has 21 heavy (non-hydrogen) atoms. The minimum Gasteiger partial charge on any atom is -0.465 e. The molecule has 0 atom stereocenters. The molecule has 0 fully saturated rings. The molecule has 0 aliphatic rings. The predicted molar refractivity (Wildman–Crippen MR) is 81.4 cm³/mol. The number of esters is 1. The lowest BCUT2D eigenvalue weighted by Crippen LogP contribution is -2.05. The first-order valence-corrected chi connectivity index (χ1v) is 6.78. The zero-order valence-electron chi connectivity index (χ0n) is 12.0. The molecule has 0 saturated carbocycles. The van der Waals surface area contributed by atoms with Crippen molar-refractivity contribution in [2.24, 2.45) is 0 Å². The molecule has 3 rings (SSSR count). The fourth-order valence-corrected chi connectivity index (χ4v) is 2.49. The standard InChI is InChI=1S/C17H16N2O2/c1-12-18-15-8-3-4-9-16(15)19(12)11-13-6-5-7-14(10-13)17(20)21-2/h3-10H,11H2,1-2H3. The molecular formula is C17H16N2O2. The summed E-state index contributed by atoms with van der Waals surface area (Å²) < 4.78 is 6.91. The van der Waals surface area contributed by atoms with Gasteiger partial charge >= 0.3 is 5.97 Å². The van der Waals surface area contributed by atoms with E-state index >= 15 is 0 Å². The predicted octanol–water partition coefficient (Wildman–Crippen LogP) is 3.18. The number of hydrogen-bond donors (Lipinski definition) is 0. The molecule has 0 amide bonds. The molecule has 4 nitrogen and oxygen atoms in total. The van der Waals surface area contributed by atoms with Gasteiger partial charge in [0.15, 0.2) is 0 Å². The minimum atomic E-state index is -0.316. The average molecular weight is 280 g/mol. The van der Waals surface area contributed by atoms with Crippen LogP contribution in [0.5, 0.6) is 0 Å². The van der Waals surface area contributed by atoms with Gasteiger partial charge in [-0.2, -0.15) is 0 Å². The highest BCUT2D eigenvalue weighted by atomic mass is 16.5. The number of carbonyl (C=O) groups is 1. The van der Waals surface area contributed by atoms with Crippen molar-refractivity contribution in [2.45, 2.75) is 13.5 Å². The number of aromatic nitrogens is 2. The number of nitrogens with zero attached hydrogens (tertiary/aromatic N) is 2. The zero-order chi connectivity index (χ0) is 14.8. The molecule has 0 aliphatic heterocycles. The summed E-state index contributed by atoms with van der Waals surface area (Å²) in [7, 11) is 1.39. The minimum absolute atomic E-state index is 0.316. The molecular weight excluding hydrogens is 264 g/mol. The third-order valence-electron chi connectivity index (χ3n) is 3.53. The molecule has 0 bridgehead atoms. The van der Waals surface area contributed by atoms with E-state index < -0.39 is 0 Å². The van der Waals surface area contributed by atoms with E-state index in [-0.39, 0.29) is 5.97 Å². The maximum atomic E-state index is 11.6. The summed E-state index contributed by atoms with van der Waals surface area (Å²) in [6, 6.07) is 15.5. The van der Waals surface area contributed by atoms with Crippen LogP contribution in [0.3, 0.4) is 0 Å². The molecule has 0 aliphatic carbocycles. The van der Waals surface area contributed by atoms with Crippen LogP contribution in [0.4, 0.5) is 0 Å². The second-order valence-corrected chi connectivity index (χ2v) is 4.93. The topological polar surface area (TPSA) is 44.1 Å². The summed E-state index contributed by atoms with van der Waals surface area (Å²) in [5.41, 5.74) is 3.69. The Morgan fingerprint density at radius 2 is 2.00 bits per heavy atom. The van der Waals surface area contributed by atoms with E-state index in [0.29, 0.717) is 12.1 Å². The number of methoxy groups -OCH3 is 1. The normalized spacial score (nSPS) is 10.8. The zero-order valence-corrected chi connectivity index (χ0v) is 12.0. The van der Waals surface area contributed by atoms with Crippen molar-refractivity contribution < 1.29 is 9.53 Å². The van der Waals surface area contributed by atoms with Crippen molar-refractivity contribution >= 4 is 17.0 Å². The quantitative estimate of drug-likeness (QED) is 0.692. The highest BCUT2D eigenvalue weighted by Crippen LogP contribution is 2.18. The van der Waals surface area contributed by atoms with Crippen LogP contribution in [0.1, 0.15) is 21.7 Å². The number of ether oxygens (including phenoxy) is 1. The fraction of sp³-hybridized carbons (Fsp3) is 0.176. The number of hydrogen-bond acceptors (Lipinski definition) is 3. The maximum Gasteiger partial charge on any atom is 0.337 e. The number of rotatable bonds is 3. The Morgan fingerprint density at radius 1 is 1.19 bits per heavy atom. The molecule has 0 unspecified atom stereocenters. The first-order chi connectivity index (χ1) is 10.2. The van der Waals surface area contributed by atoms with Crippen molar-refractivity contribution in [1.82, 2.24) is 9.55 Å². The fourth-order valence-electron chi connectivity index (χ4n) is 2.49. The Morgan fingerprint density at radius 3 is 2.81 bits per heavy atom. The SMILES string of the molecule is COC(=O)c1cccc(Cn2c(C)nc3ccccc32)c1. The van der Waals surface area contributed by atoms with Crippen LogP contribution in [0.2, 0.25) is 0 Å². The van der Waals surface area contributed by atoms with E-state index in [2.05, 4.69) is 15.6 Å². The molecule has 0 N–H and O–H groups in total. The number of carbonyl (C=O) groups excluding carboxylic acids is 1. The van der Waals surface area contributed by atoms with Gasteiger partial charge in [-0.05, 0) is 36.8 Å². The lowest BCUT2D eigenvalue weighted by molar-refractivity contribution is 0.0600. The first-order valence-electron chi connectivity index (χ1n) is 6.78. The molecule has 0 radical (unpaired) electrons. The van der Waals surface area contributed by atoms with Crippen LogP contribution in [0, 0.1) is 6.92 Å². The van der Waals surface area contributed by atoms with Crippen molar-refractivity contribution in [3.8, 4) is 0 Å². The largest absolute Gasteiger partial charge is 0.465 e. The molecule has 0 spiro atoms. The highest BCUT2D eigenvalue weighted by molar-refractivity contribution is 5.89. The molecule has 4 heteroatoms. The van der Waals surface area contributed by atoms with E-state index in [1.807, 2.05) is 43.3 Å². The van der Waals surface area contributed by atoms with Crippen molar-refractivity contribution in [3.63, 3.8) is 0 Å². The molecule has 3 aromatic rings. The number of fused-ring (bicyclic) bond motifs is 1. The van der Waals surface area contributed by atoms with Crippen LogP contribution in [-0.4, -0.2) is 22.6 Å². The third-order valence-corrected chi connectivity index (χ3v) is 3.53. The van der Waals surface area contributed by atoms with Crippen molar-refractivity contribution in [2.75, 3.05) is 7.11 Å². The number of benzene rings is 2. The number of aryl methyl sites for hydroxylation is 1. The van der Waals surface area contributed by atoms with Crippen LogP contribution < -0.4 is 0 Å². The summed E-state index contributed by atoms with van der Waals surface area (Å²) >= 11 is 0. The Kier molecular flexibility index (Phi) is 3.44. The Labute approximate surface area is 123 Å². The van der Waals surface area contributed by atoms with Crippen molar-refractivity contribution in [3.05, 3.63) is 65.5 Å². The molecule has 2 aromatic carbocycles. The smallest absolute Gasteiger partial charge is 0.337 e. The van der Waals surface area contributed by atoms with Gasteiger partial charge in [0, 0.05) is 6.54 Å². The van der Waals surface area contributed by atoms with Gasteiger partial charge in [0.05, 0.1) is 23.7 Å². The molecule has 106 valence electrons. The Bertz CT molecular complexity index is 805. The summed E-state index contributed by atoms with van der Waals surface area (Å²) in [6.07, 6.45) is 0. The summed E-state index contributed by atoms with van der Waals surface area (Å²) in [6.45, 7) is 2.67. The lowest BCUT2D eigenvalue weighted by Gasteiger charge is -2.08. The first kappa shape index (κ1) is 13.4. The molecule has 1 heterocycles. The van der Waals surface area contributed by atoms with Gasteiger partial charge in [-0.1, -0.05) is 24.3 Å². The molecule has 0 saturated heterocycles.